The van der Waals surface area contributed by atoms with Crippen LogP contribution in [0.5, 0.6) is 5.75 Å². The SMILES string of the molecule is CCC(=O)OC(OC(=O)NCCCC(=O)Oc1ccc(Cl)cc1)C(C)C. The number of hydrogen-bond acceptors (Lipinski definition) is 6. The van der Waals surface area contributed by atoms with Gasteiger partial charge in [0.25, 0.3) is 6.29 Å². The van der Waals surface area contributed by atoms with Gasteiger partial charge in [-0.05, 0) is 30.7 Å². The number of benzene rings is 1. The van der Waals surface area contributed by atoms with Crippen molar-refractivity contribution in [2.75, 3.05) is 6.54 Å². The van der Waals surface area contributed by atoms with E-state index >= 15 is 0 Å². The molecular formula is C18H24ClNO6. The number of alkyl carbamates (subject to hydrolysis) is 1. The number of ether oxygens (including phenoxy) is 3. The number of carbonyl (C=O) groups is 3. The molecule has 0 saturated carbocycles. The molecular weight excluding hydrogens is 362 g/mol. The van der Waals surface area contributed by atoms with Crippen molar-refractivity contribution in [1.82, 2.24) is 5.32 Å². The van der Waals surface area contributed by atoms with Gasteiger partial charge in [-0.15, -0.1) is 0 Å². The molecule has 26 heavy (non-hydrogen) atoms. The largest absolute Gasteiger partial charge is 0.427 e. The lowest BCUT2D eigenvalue weighted by Crippen LogP contribution is -2.35. The zero-order chi connectivity index (χ0) is 19.5. The fraction of sp³-hybridized carbons (Fsp3) is 0.500. The van der Waals surface area contributed by atoms with E-state index in [9.17, 15) is 14.4 Å². The number of nitrogens with one attached hydrogen (secondary N) is 1. The van der Waals surface area contributed by atoms with Crippen LogP contribution >= 0.6 is 11.6 Å². The van der Waals surface area contributed by atoms with E-state index in [1.165, 1.54) is 0 Å². The molecule has 0 bridgehead atoms. The Balaban J connectivity index is 2.26. The van der Waals surface area contributed by atoms with E-state index in [1.54, 1.807) is 45.0 Å². The molecule has 0 aromatic heterocycles. The lowest BCUT2D eigenvalue weighted by molar-refractivity contribution is -0.174. The monoisotopic (exact) mass is 385 g/mol. The Morgan fingerprint density at radius 2 is 1.73 bits per heavy atom. The van der Waals surface area contributed by atoms with E-state index in [-0.39, 0.29) is 25.3 Å². The van der Waals surface area contributed by atoms with Crippen molar-refractivity contribution < 1.29 is 28.6 Å². The molecule has 7 nitrogen and oxygen atoms in total. The molecule has 1 atom stereocenters. The van der Waals surface area contributed by atoms with Gasteiger partial charge in [0.15, 0.2) is 0 Å². The van der Waals surface area contributed by atoms with Crippen LogP contribution in [0.4, 0.5) is 4.79 Å². The fourth-order valence-electron chi connectivity index (χ4n) is 1.76. The van der Waals surface area contributed by atoms with Gasteiger partial charge in [0.1, 0.15) is 5.75 Å². The summed E-state index contributed by atoms with van der Waals surface area (Å²) in [6, 6.07) is 6.44. The Kier molecular flexibility index (Phi) is 9.51. The molecule has 0 fully saturated rings. The number of hydrogen-bond donors (Lipinski definition) is 1. The molecule has 1 N–H and O–H groups in total. The summed E-state index contributed by atoms with van der Waals surface area (Å²) in [6.07, 6.45) is -0.954. The van der Waals surface area contributed by atoms with Crippen molar-refractivity contribution in [3.05, 3.63) is 29.3 Å². The minimum absolute atomic E-state index is 0.126. The van der Waals surface area contributed by atoms with Gasteiger partial charge >= 0.3 is 18.0 Å². The highest BCUT2D eigenvalue weighted by Gasteiger charge is 2.21. The maximum Gasteiger partial charge on any atom is 0.410 e. The molecule has 0 radical (unpaired) electrons. The van der Waals surface area contributed by atoms with E-state index in [1.807, 2.05) is 0 Å². The van der Waals surface area contributed by atoms with Crippen molar-refractivity contribution in [2.45, 2.75) is 46.3 Å². The van der Waals surface area contributed by atoms with Crippen LogP contribution in [0.2, 0.25) is 5.02 Å². The van der Waals surface area contributed by atoms with Gasteiger partial charge in [-0.3, -0.25) is 9.59 Å². The van der Waals surface area contributed by atoms with Crippen molar-refractivity contribution in [1.29, 1.82) is 0 Å². The Bertz CT molecular complexity index is 602. The number of rotatable bonds is 9. The summed E-state index contributed by atoms with van der Waals surface area (Å²) in [4.78, 5) is 34.8. The molecule has 1 rings (SSSR count). The number of amides is 1. The lowest BCUT2D eigenvalue weighted by Gasteiger charge is -2.21. The van der Waals surface area contributed by atoms with Crippen molar-refractivity contribution >= 4 is 29.6 Å². The van der Waals surface area contributed by atoms with E-state index in [0.29, 0.717) is 17.2 Å². The summed E-state index contributed by atoms with van der Waals surface area (Å²) in [5.74, 6) is -0.629. The maximum absolute atomic E-state index is 11.7. The predicted octanol–water partition coefficient (Wildman–Crippen LogP) is 3.69. The molecule has 0 aliphatic carbocycles. The quantitative estimate of drug-likeness (QED) is 0.302. The van der Waals surface area contributed by atoms with Gasteiger partial charge in [-0.2, -0.15) is 0 Å². The topological polar surface area (TPSA) is 90.9 Å². The molecule has 1 aromatic carbocycles. The van der Waals surface area contributed by atoms with Gasteiger partial charge in [0, 0.05) is 30.3 Å². The third-order valence-corrected chi connectivity index (χ3v) is 3.43. The van der Waals surface area contributed by atoms with Crippen LogP contribution in [0.25, 0.3) is 0 Å². The summed E-state index contributed by atoms with van der Waals surface area (Å²) in [7, 11) is 0. The first-order valence-electron chi connectivity index (χ1n) is 8.42. The van der Waals surface area contributed by atoms with Gasteiger partial charge in [-0.1, -0.05) is 32.4 Å². The van der Waals surface area contributed by atoms with E-state index in [0.717, 1.165) is 0 Å². The first kappa shape index (κ1) is 21.8. The lowest BCUT2D eigenvalue weighted by atomic mass is 10.2. The molecule has 1 amide bonds. The summed E-state index contributed by atoms with van der Waals surface area (Å²) in [5, 5.41) is 3.06. The highest BCUT2D eigenvalue weighted by Crippen LogP contribution is 2.16. The average molecular weight is 386 g/mol. The van der Waals surface area contributed by atoms with Crippen LogP contribution in [-0.4, -0.2) is 30.9 Å². The average Bonchev–Trinajstić information content (AvgIpc) is 2.60. The smallest absolute Gasteiger partial charge is 0.410 e. The second-order valence-electron chi connectivity index (χ2n) is 5.82. The van der Waals surface area contributed by atoms with Crippen LogP contribution < -0.4 is 10.1 Å². The minimum Gasteiger partial charge on any atom is -0.427 e. The molecule has 1 unspecified atom stereocenters. The maximum atomic E-state index is 11.7. The Morgan fingerprint density at radius 1 is 1.08 bits per heavy atom. The van der Waals surface area contributed by atoms with E-state index in [2.05, 4.69) is 5.32 Å². The molecule has 0 aliphatic rings. The molecule has 0 saturated heterocycles. The first-order valence-corrected chi connectivity index (χ1v) is 8.79. The molecule has 0 heterocycles. The van der Waals surface area contributed by atoms with Crippen LogP contribution in [-0.2, 0) is 19.1 Å². The fourth-order valence-corrected chi connectivity index (χ4v) is 1.89. The zero-order valence-corrected chi connectivity index (χ0v) is 15.9. The molecule has 0 spiro atoms. The van der Waals surface area contributed by atoms with Gasteiger partial charge in [0.2, 0.25) is 0 Å². The van der Waals surface area contributed by atoms with Crippen LogP contribution in [0.3, 0.4) is 0 Å². The van der Waals surface area contributed by atoms with Gasteiger partial charge in [0.05, 0.1) is 0 Å². The Hall–Kier alpha value is -2.28. The van der Waals surface area contributed by atoms with Crippen LogP contribution in [0.1, 0.15) is 40.0 Å². The number of esters is 2. The predicted molar refractivity (Wildman–Crippen MR) is 95.8 cm³/mol. The summed E-state index contributed by atoms with van der Waals surface area (Å²) in [5.41, 5.74) is 0. The number of halogens is 1. The van der Waals surface area contributed by atoms with Crippen LogP contribution in [0, 0.1) is 5.92 Å². The molecule has 0 aliphatic heterocycles. The Morgan fingerprint density at radius 3 is 2.31 bits per heavy atom. The zero-order valence-electron chi connectivity index (χ0n) is 15.1. The number of carbonyl (C=O) groups excluding carboxylic acids is 3. The minimum atomic E-state index is -0.947. The Labute approximate surface area is 157 Å². The summed E-state index contributed by atoms with van der Waals surface area (Å²) in [6.45, 7) is 5.42. The van der Waals surface area contributed by atoms with Crippen LogP contribution in [0.15, 0.2) is 24.3 Å². The summed E-state index contributed by atoms with van der Waals surface area (Å²) >= 11 is 5.75. The normalized spacial score (nSPS) is 11.6. The second kappa shape index (κ2) is 11.4. The highest BCUT2D eigenvalue weighted by molar-refractivity contribution is 6.30. The van der Waals surface area contributed by atoms with Crippen molar-refractivity contribution in [2.24, 2.45) is 5.92 Å². The molecule has 144 valence electrons. The van der Waals surface area contributed by atoms with E-state index < -0.39 is 24.3 Å². The third kappa shape index (κ3) is 8.71. The second-order valence-corrected chi connectivity index (χ2v) is 6.26. The van der Waals surface area contributed by atoms with Crippen molar-refractivity contribution in [3.8, 4) is 5.75 Å². The van der Waals surface area contributed by atoms with Crippen molar-refractivity contribution in [3.63, 3.8) is 0 Å². The van der Waals surface area contributed by atoms with Gasteiger partial charge < -0.3 is 19.5 Å². The summed E-state index contributed by atoms with van der Waals surface area (Å²) < 4.78 is 15.3. The third-order valence-electron chi connectivity index (χ3n) is 3.18. The molecule has 1 aromatic rings. The first-order chi connectivity index (χ1) is 12.3. The van der Waals surface area contributed by atoms with E-state index in [4.69, 9.17) is 25.8 Å². The highest BCUT2D eigenvalue weighted by atomic mass is 35.5. The standard InChI is InChI=1S/C18H24ClNO6/c1-4-15(21)25-17(12(2)3)26-18(23)20-11-5-6-16(22)24-14-9-7-13(19)8-10-14/h7-10,12,17H,4-6,11H2,1-3H3,(H,20,23). The molecule has 8 heteroatoms. The van der Waals surface area contributed by atoms with Gasteiger partial charge in [-0.25, -0.2) is 4.79 Å².